The minimum absolute atomic E-state index is 0.493. The van der Waals surface area contributed by atoms with Crippen LogP contribution in [0.4, 0.5) is 0 Å². The monoisotopic (exact) mass is 487 g/mol. The topological polar surface area (TPSA) is 85.2 Å². The Morgan fingerprint density at radius 3 is 2.70 bits per heavy atom. The Labute approximate surface area is 173 Å². The van der Waals surface area contributed by atoms with Gasteiger partial charge in [0.05, 0.1) is 35.6 Å². The van der Waals surface area contributed by atoms with Crippen molar-refractivity contribution in [2.45, 2.75) is 6.54 Å². The van der Waals surface area contributed by atoms with Gasteiger partial charge >= 0.3 is 0 Å². The van der Waals surface area contributed by atoms with Crippen LogP contribution >= 0.6 is 34.2 Å². The fourth-order valence-corrected chi connectivity index (χ4v) is 3.60. The summed E-state index contributed by atoms with van der Waals surface area (Å²) in [6.07, 6.45) is 1.74. The molecule has 9 heteroatoms. The second-order valence-corrected chi connectivity index (χ2v) is 7.17. The highest BCUT2D eigenvalue weighted by molar-refractivity contribution is 14.1. The van der Waals surface area contributed by atoms with Gasteiger partial charge in [0.1, 0.15) is 3.70 Å². The standard InChI is InChI=1S/C18H11ClIN7/c19-14-2-1-3-15(8-14)27-17(20)16(10-22-27)18-23-24-25-26(18)11-13-6-4-12(9-21)5-7-13/h1-8,10H,11H2. The van der Waals surface area contributed by atoms with E-state index in [1.165, 1.54) is 0 Å². The van der Waals surface area contributed by atoms with Gasteiger partial charge in [-0.25, -0.2) is 9.36 Å². The Bertz CT molecular complexity index is 1140. The first-order valence-electron chi connectivity index (χ1n) is 7.91. The number of nitrogens with zero attached hydrogens (tertiary/aromatic N) is 7. The lowest BCUT2D eigenvalue weighted by Gasteiger charge is -2.06. The number of benzene rings is 2. The summed E-state index contributed by atoms with van der Waals surface area (Å²) in [6, 6.07) is 16.9. The lowest BCUT2D eigenvalue weighted by atomic mass is 10.1. The van der Waals surface area contributed by atoms with Gasteiger partial charge in [-0.2, -0.15) is 10.4 Å². The van der Waals surface area contributed by atoms with Crippen molar-refractivity contribution >= 4 is 34.2 Å². The van der Waals surface area contributed by atoms with Crippen LogP contribution in [-0.4, -0.2) is 30.0 Å². The van der Waals surface area contributed by atoms with E-state index in [0.717, 1.165) is 20.5 Å². The van der Waals surface area contributed by atoms with Crippen LogP contribution in [0.15, 0.2) is 54.7 Å². The molecule has 0 aliphatic heterocycles. The van der Waals surface area contributed by atoms with Crippen LogP contribution < -0.4 is 0 Å². The molecule has 0 fully saturated rings. The van der Waals surface area contributed by atoms with Gasteiger partial charge in [-0.05, 0) is 68.9 Å². The first-order valence-corrected chi connectivity index (χ1v) is 9.36. The molecular weight excluding hydrogens is 477 g/mol. The fourth-order valence-electron chi connectivity index (χ4n) is 2.63. The van der Waals surface area contributed by atoms with E-state index < -0.39 is 0 Å². The van der Waals surface area contributed by atoms with Gasteiger partial charge in [0.15, 0.2) is 5.82 Å². The zero-order chi connectivity index (χ0) is 18.8. The summed E-state index contributed by atoms with van der Waals surface area (Å²) >= 11 is 8.31. The molecule has 2 aromatic heterocycles. The van der Waals surface area contributed by atoms with Crippen molar-refractivity contribution in [1.82, 2.24) is 30.0 Å². The summed E-state index contributed by atoms with van der Waals surface area (Å²) in [4.78, 5) is 0. The highest BCUT2D eigenvalue weighted by Crippen LogP contribution is 2.26. The number of nitriles is 1. The third-order valence-corrected chi connectivity index (χ3v) is 5.22. The Morgan fingerprint density at radius 2 is 1.96 bits per heavy atom. The first-order chi connectivity index (χ1) is 13.2. The largest absolute Gasteiger partial charge is 0.227 e. The third-order valence-electron chi connectivity index (χ3n) is 3.95. The van der Waals surface area contributed by atoms with Gasteiger partial charge in [-0.3, -0.25) is 0 Å². The molecule has 0 N–H and O–H groups in total. The van der Waals surface area contributed by atoms with Crippen LogP contribution in [0.2, 0.25) is 5.02 Å². The van der Waals surface area contributed by atoms with Gasteiger partial charge in [0.25, 0.3) is 0 Å². The van der Waals surface area contributed by atoms with Crippen molar-refractivity contribution in [3.05, 3.63) is 74.6 Å². The molecule has 0 saturated heterocycles. The van der Waals surface area contributed by atoms with Gasteiger partial charge in [0, 0.05) is 5.02 Å². The summed E-state index contributed by atoms with van der Waals surface area (Å²) in [5.74, 6) is 0.622. The molecule has 0 bridgehead atoms. The Hall–Kier alpha value is -2.77. The van der Waals surface area contributed by atoms with Crippen LogP contribution in [0.25, 0.3) is 17.1 Å². The number of halogens is 2. The predicted molar refractivity (Wildman–Crippen MR) is 108 cm³/mol. The zero-order valence-electron chi connectivity index (χ0n) is 13.8. The molecule has 7 nitrogen and oxygen atoms in total. The maximum atomic E-state index is 8.92. The minimum atomic E-state index is 0.493. The molecule has 2 aromatic carbocycles. The fraction of sp³-hybridized carbons (Fsp3) is 0.0556. The molecule has 0 radical (unpaired) electrons. The Kier molecular flexibility index (Phi) is 4.87. The van der Waals surface area contributed by atoms with Crippen LogP contribution in [0, 0.1) is 15.0 Å². The van der Waals surface area contributed by atoms with E-state index in [-0.39, 0.29) is 0 Å². The van der Waals surface area contributed by atoms with E-state index in [2.05, 4.69) is 49.3 Å². The van der Waals surface area contributed by atoms with Crippen LogP contribution in [-0.2, 0) is 6.54 Å². The summed E-state index contributed by atoms with van der Waals surface area (Å²) in [5, 5.41) is 26.1. The number of rotatable bonds is 4. The summed E-state index contributed by atoms with van der Waals surface area (Å²) in [7, 11) is 0. The first kappa shape index (κ1) is 17.6. The Balaban J connectivity index is 1.67. The van der Waals surface area contributed by atoms with Crippen molar-refractivity contribution < 1.29 is 0 Å². The van der Waals surface area contributed by atoms with E-state index in [9.17, 15) is 0 Å². The summed E-state index contributed by atoms with van der Waals surface area (Å²) < 4.78 is 4.39. The predicted octanol–water partition coefficient (Wildman–Crippen LogP) is 3.70. The van der Waals surface area contributed by atoms with Crippen molar-refractivity contribution in [3.63, 3.8) is 0 Å². The molecule has 0 atom stereocenters. The SMILES string of the molecule is N#Cc1ccc(Cn2nnnc2-c2cnn(-c3cccc(Cl)c3)c2I)cc1. The van der Waals surface area contributed by atoms with E-state index in [0.29, 0.717) is 23.0 Å². The third kappa shape index (κ3) is 3.56. The van der Waals surface area contributed by atoms with Crippen molar-refractivity contribution in [3.8, 4) is 23.1 Å². The lowest BCUT2D eigenvalue weighted by molar-refractivity contribution is 0.653. The number of hydrogen-bond acceptors (Lipinski definition) is 5. The van der Waals surface area contributed by atoms with Crippen LogP contribution in [0.3, 0.4) is 0 Å². The smallest absolute Gasteiger partial charge is 0.186 e. The molecule has 0 spiro atoms. The number of hydrogen-bond donors (Lipinski definition) is 0. The van der Waals surface area contributed by atoms with E-state index in [4.69, 9.17) is 16.9 Å². The highest BCUT2D eigenvalue weighted by atomic mass is 127. The van der Waals surface area contributed by atoms with E-state index in [1.54, 1.807) is 27.7 Å². The molecule has 0 amide bonds. The van der Waals surface area contributed by atoms with Gasteiger partial charge in [-0.1, -0.05) is 29.8 Å². The van der Waals surface area contributed by atoms with Crippen molar-refractivity contribution in [1.29, 1.82) is 5.26 Å². The quantitative estimate of drug-likeness (QED) is 0.410. The molecule has 4 aromatic rings. The summed E-state index contributed by atoms with van der Waals surface area (Å²) in [5.41, 5.74) is 3.31. The second-order valence-electron chi connectivity index (χ2n) is 5.71. The molecule has 0 aliphatic carbocycles. The van der Waals surface area contributed by atoms with Gasteiger partial charge < -0.3 is 0 Å². The van der Waals surface area contributed by atoms with Crippen LogP contribution in [0.5, 0.6) is 0 Å². The molecule has 4 rings (SSSR count). The average Bonchev–Trinajstić information content (AvgIpc) is 3.28. The molecule has 132 valence electrons. The normalized spacial score (nSPS) is 10.7. The molecular formula is C18H11ClIN7. The zero-order valence-corrected chi connectivity index (χ0v) is 16.7. The molecule has 0 aliphatic rings. The molecule has 0 saturated carbocycles. The Morgan fingerprint density at radius 1 is 1.15 bits per heavy atom. The number of tetrazole rings is 1. The van der Waals surface area contributed by atoms with E-state index in [1.807, 2.05) is 36.4 Å². The molecule has 2 heterocycles. The van der Waals surface area contributed by atoms with Crippen molar-refractivity contribution in [2.75, 3.05) is 0 Å². The highest BCUT2D eigenvalue weighted by Gasteiger charge is 2.18. The average molecular weight is 488 g/mol. The summed E-state index contributed by atoms with van der Waals surface area (Å²) in [6.45, 7) is 0.493. The van der Waals surface area contributed by atoms with E-state index >= 15 is 0 Å². The minimum Gasteiger partial charge on any atom is -0.227 e. The molecule has 0 unspecified atom stereocenters. The maximum Gasteiger partial charge on any atom is 0.186 e. The lowest BCUT2D eigenvalue weighted by Crippen LogP contribution is -2.05. The number of aromatic nitrogens is 6. The van der Waals surface area contributed by atoms with Crippen LogP contribution in [0.1, 0.15) is 11.1 Å². The molecule has 27 heavy (non-hydrogen) atoms. The maximum absolute atomic E-state index is 8.92. The van der Waals surface area contributed by atoms with Gasteiger partial charge in [-0.15, -0.1) is 5.10 Å². The van der Waals surface area contributed by atoms with Crippen molar-refractivity contribution in [2.24, 2.45) is 0 Å². The van der Waals surface area contributed by atoms with Gasteiger partial charge in [0.2, 0.25) is 0 Å². The second kappa shape index (κ2) is 7.46.